The van der Waals surface area contributed by atoms with Crippen molar-refractivity contribution in [1.82, 2.24) is 4.72 Å². The molecule has 0 saturated carbocycles. The van der Waals surface area contributed by atoms with Crippen LogP contribution in [0.1, 0.15) is 12.5 Å². The highest BCUT2D eigenvalue weighted by Crippen LogP contribution is 2.23. The molecule has 0 spiro atoms. The first kappa shape index (κ1) is 14.1. The van der Waals surface area contributed by atoms with Gasteiger partial charge in [0, 0.05) is 4.47 Å². The highest BCUT2D eigenvalue weighted by Gasteiger charge is 2.23. The Hall–Kier alpha value is -0.920. The van der Waals surface area contributed by atoms with E-state index < -0.39 is 22.0 Å². The molecule has 0 aromatic heterocycles. The van der Waals surface area contributed by atoms with Crippen molar-refractivity contribution in [3.8, 4) is 0 Å². The average Bonchev–Trinajstić information content (AvgIpc) is 2.15. The van der Waals surface area contributed by atoms with Gasteiger partial charge in [0.25, 0.3) is 0 Å². The van der Waals surface area contributed by atoms with Crippen molar-refractivity contribution in [3.63, 3.8) is 0 Å². The third-order valence-electron chi connectivity index (χ3n) is 2.08. The van der Waals surface area contributed by atoms with E-state index in [9.17, 15) is 13.2 Å². The molecule has 0 radical (unpaired) electrons. The van der Waals surface area contributed by atoms with E-state index in [4.69, 9.17) is 5.11 Å². The molecule has 0 amide bonds. The summed E-state index contributed by atoms with van der Waals surface area (Å²) < 4.78 is 26.2. The smallest absolute Gasteiger partial charge is 0.321 e. The Morgan fingerprint density at radius 3 is 2.53 bits per heavy atom. The number of aryl methyl sites for hydroxylation is 1. The number of carboxylic acid groups (broad SMARTS) is 1. The number of carboxylic acids is 1. The van der Waals surface area contributed by atoms with Crippen LogP contribution in [-0.2, 0) is 14.8 Å². The van der Waals surface area contributed by atoms with E-state index in [0.717, 1.165) is 5.56 Å². The van der Waals surface area contributed by atoms with Crippen LogP contribution in [0, 0.1) is 6.92 Å². The van der Waals surface area contributed by atoms with Crippen molar-refractivity contribution in [2.75, 3.05) is 0 Å². The normalized spacial score (nSPS) is 13.4. The summed E-state index contributed by atoms with van der Waals surface area (Å²) in [5.74, 6) is -1.23. The molecule has 0 aliphatic heterocycles. The fraction of sp³-hybridized carbons (Fsp3) is 0.300. The van der Waals surface area contributed by atoms with Crippen LogP contribution in [-0.4, -0.2) is 25.5 Å². The first-order chi connectivity index (χ1) is 7.74. The average molecular weight is 322 g/mol. The van der Waals surface area contributed by atoms with Crippen LogP contribution in [0.4, 0.5) is 0 Å². The number of sulfonamides is 1. The van der Waals surface area contributed by atoms with E-state index in [1.54, 1.807) is 12.1 Å². The van der Waals surface area contributed by atoms with Gasteiger partial charge in [-0.05, 0) is 47.5 Å². The number of hydrogen-bond donors (Lipinski definition) is 2. The zero-order chi connectivity index (χ0) is 13.2. The van der Waals surface area contributed by atoms with Crippen molar-refractivity contribution in [1.29, 1.82) is 0 Å². The summed E-state index contributed by atoms with van der Waals surface area (Å²) in [5, 5.41) is 8.67. The first-order valence-corrected chi connectivity index (χ1v) is 7.03. The van der Waals surface area contributed by atoms with Crippen LogP contribution >= 0.6 is 15.9 Å². The molecular weight excluding hydrogens is 310 g/mol. The molecule has 0 bridgehead atoms. The van der Waals surface area contributed by atoms with Crippen molar-refractivity contribution in [2.45, 2.75) is 24.8 Å². The van der Waals surface area contributed by atoms with E-state index in [1.807, 2.05) is 6.92 Å². The van der Waals surface area contributed by atoms with Crippen molar-refractivity contribution in [3.05, 3.63) is 28.2 Å². The molecule has 2 N–H and O–H groups in total. The molecule has 5 nitrogen and oxygen atoms in total. The van der Waals surface area contributed by atoms with E-state index >= 15 is 0 Å². The lowest BCUT2D eigenvalue weighted by Crippen LogP contribution is -2.38. The summed E-state index contributed by atoms with van der Waals surface area (Å²) in [6, 6.07) is 3.55. The van der Waals surface area contributed by atoms with Crippen LogP contribution in [0.5, 0.6) is 0 Å². The standard InChI is InChI=1S/C10H12BrNO4S/c1-6-3-4-9(8(11)5-6)17(15,16)12-7(2)10(13)14/h3-5,7,12H,1-2H3,(H,13,14)/t7-/m0/s1. The van der Waals surface area contributed by atoms with E-state index in [-0.39, 0.29) is 4.90 Å². The minimum Gasteiger partial charge on any atom is -0.480 e. The van der Waals surface area contributed by atoms with Crippen molar-refractivity contribution < 1.29 is 18.3 Å². The summed E-state index contributed by atoms with van der Waals surface area (Å²) in [5.41, 5.74) is 0.905. The number of halogens is 1. The molecule has 0 saturated heterocycles. The molecule has 0 aliphatic rings. The number of carbonyl (C=O) groups is 1. The maximum Gasteiger partial charge on any atom is 0.321 e. The Morgan fingerprint density at radius 2 is 2.06 bits per heavy atom. The largest absolute Gasteiger partial charge is 0.480 e. The number of benzene rings is 1. The van der Waals surface area contributed by atoms with Crippen molar-refractivity contribution >= 4 is 31.9 Å². The molecule has 7 heteroatoms. The predicted octanol–water partition coefficient (Wildman–Crippen LogP) is 1.51. The van der Waals surface area contributed by atoms with Crippen LogP contribution < -0.4 is 4.72 Å². The van der Waals surface area contributed by atoms with Crippen LogP contribution in [0.25, 0.3) is 0 Å². The van der Waals surface area contributed by atoms with Gasteiger partial charge < -0.3 is 5.11 Å². The molecule has 0 fully saturated rings. The van der Waals surface area contributed by atoms with Gasteiger partial charge in [0.05, 0.1) is 4.90 Å². The van der Waals surface area contributed by atoms with Gasteiger partial charge >= 0.3 is 5.97 Å². The maximum absolute atomic E-state index is 11.9. The van der Waals surface area contributed by atoms with Gasteiger partial charge in [0.1, 0.15) is 6.04 Å². The molecule has 1 atom stereocenters. The fourth-order valence-electron chi connectivity index (χ4n) is 1.17. The second-order valence-corrected chi connectivity index (χ2v) is 6.15. The van der Waals surface area contributed by atoms with Gasteiger partial charge in [-0.1, -0.05) is 6.07 Å². The Morgan fingerprint density at radius 1 is 1.47 bits per heavy atom. The zero-order valence-electron chi connectivity index (χ0n) is 9.27. The first-order valence-electron chi connectivity index (χ1n) is 4.75. The molecule has 94 valence electrons. The molecule has 17 heavy (non-hydrogen) atoms. The third kappa shape index (κ3) is 3.52. The molecule has 1 aromatic carbocycles. The van der Waals surface area contributed by atoms with Gasteiger partial charge in [0.15, 0.2) is 0 Å². The number of hydrogen-bond acceptors (Lipinski definition) is 3. The summed E-state index contributed by atoms with van der Waals surface area (Å²) >= 11 is 3.14. The highest BCUT2D eigenvalue weighted by atomic mass is 79.9. The second-order valence-electron chi connectivity index (χ2n) is 3.62. The summed E-state index contributed by atoms with van der Waals surface area (Å²) in [4.78, 5) is 10.6. The van der Waals surface area contributed by atoms with Gasteiger partial charge in [-0.15, -0.1) is 0 Å². The van der Waals surface area contributed by atoms with Crippen LogP contribution in [0.2, 0.25) is 0 Å². The topological polar surface area (TPSA) is 83.5 Å². The third-order valence-corrected chi connectivity index (χ3v) is 4.60. The molecule has 1 rings (SSSR count). The van der Waals surface area contributed by atoms with Gasteiger partial charge in [-0.3, -0.25) is 4.79 Å². The monoisotopic (exact) mass is 321 g/mol. The fourth-order valence-corrected chi connectivity index (χ4v) is 3.56. The SMILES string of the molecule is Cc1ccc(S(=O)(=O)N[C@@H](C)C(=O)O)c(Br)c1. The molecule has 0 aliphatic carbocycles. The molecular formula is C10H12BrNO4S. The van der Waals surface area contributed by atoms with E-state index in [1.165, 1.54) is 13.0 Å². The van der Waals surface area contributed by atoms with Crippen LogP contribution in [0.3, 0.4) is 0 Å². The minimum atomic E-state index is -3.83. The molecule has 0 heterocycles. The summed E-state index contributed by atoms with van der Waals surface area (Å²) in [6.07, 6.45) is 0. The van der Waals surface area contributed by atoms with Gasteiger partial charge in [0.2, 0.25) is 10.0 Å². The van der Waals surface area contributed by atoms with E-state index in [0.29, 0.717) is 4.47 Å². The summed E-state index contributed by atoms with van der Waals surface area (Å²) in [6.45, 7) is 3.09. The minimum absolute atomic E-state index is 0.0243. The lowest BCUT2D eigenvalue weighted by atomic mass is 10.2. The number of rotatable bonds is 4. The quantitative estimate of drug-likeness (QED) is 0.880. The highest BCUT2D eigenvalue weighted by molar-refractivity contribution is 9.10. The second kappa shape index (κ2) is 5.16. The zero-order valence-corrected chi connectivity index (χ0v) is 11.7. The lowest BCUT2D eigenvalue weighted by molar-refractivity contribution is -0.138. The Bertz CT molecular complexity index is 541. The molecule has 0 unspecified atom stereocenters. The molecule has 1 aromatic rings. The Labute approximate surface area is 108 Å². The predicted molar refractivity (Wildman–Crippen MR) is 66.3 cm³/mol. The van der Waals surface area contributed by atoms with Crippen molar-refractivity contribution in [2.24, 2.45) is 0 Å². The van der Waals surface area contributed by atoms with Crippen LogP contribution in [0.15, 0.2) is 27.6 Å². The number of nitrogens with one attached hydrogen (secondary N) is 1. The van der Waals surface area contributed by atoms with Gasteiger partial charge in [-0.2, -0.15) is 4.72 Å². The Kier molecular flexibility index (Phi) is 4.29. The summed E-state index contributed by atoms with van der Waals surface area (Å²) in [7, 11) is -3.83. The van der Waals surface area contributed by atoms with Gasteiger partial charge in [-0.25, -0.2) is 8.42 Å². The number of aliphatic carboxylic acids is 1. The lowest BCUT2D eigenvalue weighted by Gasteiger charge is -2.11. The maximum atomic E-state index is 11.9. The van der Waals surface area contributed by atoms with E-state index in [2.05, 4.69) is 20.7 Å². The Balaban J connectivity index is 3.10.